The molecule has 0 N–H and O–H groups in total. The number of benzene rings is 1. The Labute approximate surface area is 81.8 Å². The summed E-state index contributed by atoms with van der Waals surface area (Å²) >= 11 is 5.71. The van der Waals surface area contributed by atoms with Crippen molar-refractivity contribution in [2.75, 3.05) is 6.61 Å². The number of hydrogen-bond donors (Lipinski definition) is 0. The van der Waals surface area contributed by atoms with E-state index in [1.165, 1.54) is 6.08 Å². The molecule has 0 saturated carbocycles. The Morgan fingerprint density at radius 3 is 2.85 bits per heavy atom. The first kappa shape index (κ1) is 10.1. The Bertz CT molecular complexity index is 323. The van der Waals surface area contributed by atoms with Gasteiger partial charge < -0.3 is 4.74 Å². The lowest BCUT2D eigenvalue weighted by molar-refractivity contribution is 0.338. The van der Waals surface area contributed by atoms with Gasteiger partial charge in [-0.1, -0.05) is 24.3 Å². The van der Waals surface area contributed by atoms with Crippen molar-refractivity contribution in [3.8, 4) is 5.75 Å². The van der Waals surface area contributed by atoms with Gasteiger partial charge in [0, 0.05) is 5.56 Å². The van der Waals surface area contributed by atoms with Crippen molar-refractivity contribution in [1.82, 2.24) is 0 Å². The van der Waals surface area contributed by atoms with E-state index in [-0.39, 0.29) is 5.02 Å². The lowest BCUT2D eigenvalue weighted by Gasteiger charge is -2.07. The molecule has 1 rings (SSSR count). The molecule has 0 fully saturated rings. The zero-order valence-corrected chi connectivity index (χ0v) is 8.07. The number of halogens is 2. The fourth-order valence-corrected chi connectivity index (χ4v) is 1.20. The highest BCUT2D eigenvalue weighted by Gasteiger charge is 2.09. The number of hydrogen-bond acceptors (Lipinski definition) is 1. The zero-order chi connectivity index (χ0) is 9.84. The van der Waals surface area contributed by atoms with Crippen molar-refractivity contribution in [2.24, 2.45) is 0 Å². The van der Waals surface area contributed by atoms with Crippen molar-refractivity contribution < 1.29 is 9.13 Å². The molecule has 0 amide bonds. The molecule has 70 valence electrons. The molecule has 0 aliphatic carbocycles. The first-order chi connectivity index (χ1) is 6.20. The lowest BCUT2D eigenvalue weighted by atomic mass is 10.2. The second-order valence-corrected chi connectivity index (χ2v) is 2.80. The van der Waals surface area contributed by atoms with Crippen LogP contribution in [0.1, 0.15) is 12.5 Å². The summed E-state index contributed by atoms with van der Waals surface area (Å²) in [6.45, 7) is 5.75. The first-order valence-electron chi connectivity index (χ1n) is 3.94. The van der Waals surface area contributed by atoms with Crippen molar-refractivity contribution in [2.45, 2.75) is 6.92 Å². The molecule has 13 heavy (non-hydrogen) atoms. The highest BCUT2D eigenvalue weighted by atomic mass is 35.5. The van der Waals surface area contributed by atoms with Gasteiger partial charge in [0.25, 0.3) is 0 Å². The van der Waals surface area contributed by atoms with Gasteiger partial charge in [-0.3, -0.25) is 0 Å². The van der Waals surface area contributed by atoms with Crippen LogP contribution in [-0.2, 0) is 0 Å². The molecule has 0 unspecified atom stereocenters. The standard InChI is InChI=1S/C10H10ClFO/c1-3-7-5-6-8(13-4-2)9(11)10(7)12/h3,5-6H,1,4H2,2H3. The highest BCUT2D eigenvalue weighted by Crippen LogP contribution is 2.29. The Kier molecular flexibility index (Phi) is 3.32. The molecule has 0 aromatic heterocycles. The van der Waals surface area contributed by atoms with E-state index in [0.717, 1.165) is 0 Å². The Balaban J connectivity index is 3.14. The van der Waals surface area contributed by atoms with E-state index < -0.39 is 5.82 Å². The van der Waals surface area contributed by atoms with Gasteiger partial charge in [0.05, 0.1) is 6.61 Å². The third-order valence-electron chi connectivity index (χ3n) is 1.60. The van der Waals surface area contributed by atoms with E-state index in [2.05, 4.69) is 6.58 Å². The van der Waals surface area contributed by atoms with Gasteiger partial charge in [0.2, 0.25) is 0 Å². The van der Waals surface area contributed by atoms with Crippen LogP contribution in [0, 0.1) is 5.82 Å². The average Bonchev–Trinajstić information content (AvgIpc) is 2.14. The third kappa shape index (κ3) is 2.01. The van der Waals surface area contributed by atoms with Gasteiger partial charge in [-0.25, -0.2) is 4.39 Å². The molecule has 0 aliphatic rings. The maximum atomic E-state index is 13.3. The molecule has 0 aliphatic heterocycles. The molecule has 1 aromatic carbocycles. The van der Waals surface area contributed by atoms with Crippen LogP contribution in [0.5, 0.6) is 5.75 Å². The quantitative estimate of drug-likeness (QED) is 0.726. The van der Waals surface area contributed by atoms with E-state index in [1.54, 1.807) is 12.1 Å². The summed E-state index contributed by atoms with van der Waals surface area (Å²) in [6.07, 6.45) is 1.41. The minimum atomic E-state index is -0.484. The molecule has 0 bridgehead atoms. The Morgan fingerprint density at radius 2 is 2.31 bits per heavy atom. The van der Waals surface area contributed by atoms with Gasteiger partial charge in [-0.2, -0.15) is 0 Å². The number of rotatable bonds is 3. The highest BCUT2D eigenvalue weighted by molar-refractivity contribution is 6.32. The van der Waals surface area contributed by atoms with Crippen LogP contribution in [0.2, 0.25) is 5.02 Å². The van der Waals surface area contributed by atoms with Crippen LogP contribution in [0.15, 0.2) is 18.7 Å². The zero-order valence-electron chi connectivity index (χ0n) is 7.31. The predicted molar refractivity (Wildman–Crippen MR) is 52.7 cm³/mol. The molecule has 3 heteroatoms. The molecule has 0 atom stereocenters. The van der Waals surface area contributed by atoms with Gasteiger partial charge in [0.1, 0.15) is 10.8 Å². The summed E-state index contributed by atoms with van der Waals surface area (Å²) in [4.78, 5) is 0. The summed E-state index contributed by atoms with van der Waals surface area (Å²) < 4.78 is 18.4. The average molecular weight is 201 g/mol. The van der Waals surface area contributed by atoms with Gasteiger partial charge in [-0.15, -0.1) is 0 Å². The molecular formula is C10H10ClFO. The van der Waals surface area contributed by atoms with Gasteiger partial charge in [0.15, 0.2) is 5.82 Å². The van der Waals surface area contributed by atoms with Crippen molar-refractivity contribution >= 4 is 17.7 Å². The first-order valence-corrected chi connectivity index (χ1v) is 4.31. The van der Waals surface area contributed by atoms with Gasteiger partial charge >= 0.3 is 0 Å². The normalized spacial score (nSPS) is 9.77. The van der Waals surface area contributed by atoms with Gasteiger partial charge in [-0.05, 0) is 19.1 Å². The van der Waals surface area contributed by atoms with E-state index in [9.17, 15) is 4.39 Å². The van der Waals surface area contributed by atoms with Crippen LogP contribution in [0.25, 0.3) is 6.08 Å². The third-order valence-corrected chi connectivity index (χ3v) is 1.95. The summed E-state index contributed by atoms with van der Waals surface area (Å²) in [5.41, 5.74) is 0.383. The van der Waals surface area contributed by atoms with Crippen LogP contribution >= 0.6 is 11.6 Å². The molecule has 1 nitrogen and oxygen atoms in total. The summed E-state index contributed by atoms with van der Waals surface area (Å²) in [6, 6.07) is 3.21. The van der Waals surface area contributed by atoms with Crippen molar-refractivity contribution in [3.05, 3.63) is 35.1 Å². The fraction of sp³-hybridized carbons (Fsp3) is 0.200. The molecular weight excluding hydrogens is 191 g/mol. The smallest absolute Gasteiger partial charge is 0.152 e. The largest absolute Gasteiger partial charge is 0.492 e. The Morgan fingerprint density at radius 1 is 1.62 bits per heavy atom. The molecule has 0 heterocycles. The molecule has 0 spiro atoms. The van der Waals surface area contributed by atoms with Crippen LogP contribution in [0.4, 0.5) is 4.39 Å². The topological polar surface area (TPSA) is 9.23 Å². The lowest BCUT2D eigenvalue weighted by Crippen LogP contribution is -1.94. The summed E-state index contributed by atoms with van der Waals surface area (Å²) in [5.74, 6) is -0.116. The van der Waals surface area contributed by atoms with Crippen molar-refractivity contribution in [3.63, 3.8) is 0 Å². The van der Waals surface area contributed by atoms with Crippen LogP contribution in [0.3, 0.4) is 0 Å². The summed E-state index contributed by atoms with van der Waals surface area (Å²) in [7, 11) is 0. The van der Waals surface area contributed by atoms with E-state index in [4.69, 9.17) is 16.3 Å². The van der Waals surface area contributed by atoms with Crippen LogP contribution < -0.4 is 4.74 Å². The molecule has 0 saturated heterocycles. The SMILES string of the molecule is C=Cc1ccc(OCC)c(Cl)c1F. The van der Waals surface area contributed by atoms with Crippen molar-refractivity contribution in [1.29, 1.82) is 0 Å². The fourth-order valence-electron chi connectivity index (χ4n) is 0.971. The maximum Gasteiger partial charge on any atom is 0.152 e. The molecule has 1 aromatic rings. The molecule has 0 radical (unpaired) electrons. The number of ether oxygens (including phenoxy) is 1. The van der Waals surface area contributed by atoms with Crippen LogP contribution in [-0.4, -0.2) is 6.61 Å². The maximum absolute atomic E-state index is 13.3. The van der Waals surface area contributed by atoms with E-state index in [1.807, 2.05) is 6.92 Å². The predicted octanol–water partition coefficient (Wildman–Crippen LogP) is 3.52. The monoisotopic (exact) mass is 200 g/mol. The Hall–Kier alpha value is -1.02. The van der Waals surface area contributed by atoms with E-state index in [0.29, 0.717) is 17.9 Å². The second-order valence-electron chi connectivity index (χ2n) is 2.42. The summed E-state index contributed by atoms with van der Waals surface area (Å²) in [5, 5.41) is 0.0132. The van der Waals surface area contributed by atoms with E-state index >= 15 is 0 Å². The minimum absolute atomic E-state index is 0.0132. The second kappa shape index (κ2) is 4.28. The minimum Gasteiger partial charge on any atom is -0.492 e.